The number of rotatable bonds is 4. The second-order valence-electron chi connectivity index (χ2n) is 5.82. The predicted molar refractivity (Wildman–Crippen MR) is 82.2 cm³/mol. The number of fused-ring (bicyclic) bond motifs is 1. The second-order valence-corrected chi connectivity index (χ2v) is 5.82. The first-order chi connectivity index (χ1) is 11.2. The Hall–Kier alpha value is -1.66. The summed E-state index contributed by atoms with van der Waals surface area (Å²) in [6, 6.07) is 4.32. The Kier molecular flexibility index (Phi) is 4.82. The van der Waals surface area contributed by atoms with Crippen molar-refractivity contribution < 1.29 is 23.4 Å². The van der Waals surface area contributed by atoms with Gasteiger partial charge in [-0.25, -0.2) is 4.39 Å². The van der Waals surface area contributed by atoms with Gasteiger partial charge in [-0.05, 0) is 38.0 Å². The van der Waals surface area contributed by atoms with Crippen molar-refractivity contribution in [3.05, 3.63) is 29.6 Å². The van der Waals surface area contributed by atoms with Crippen LogP contribution in [0.1, 0.15) is 30.1 Å². The lowest BCUT2D eigenvalue weighted by Gasteiger charge is -2.39. The summed E-state index contributed by atoms with van der Waals surface area (Å²) in [4.78, 5) is 14.6. The fourth-order valence-electron chi connectivity index (χ4n) is 3.53. The van der Waals surface area contributed by atoms with Gasteiger partial charge in [0.1, 0.15) is 6.10 Å². The first-order valence-corrected chi connectivity index (χ1v) is 8.03. The summed E-state index contributed by atoms with van der Waals surface area (Å²) in [6.07, 6.45) is 1.67. The quantitative estimate of drug-likeness (QED) is 0.853. The molecule has 0 unspecified atom stereocenters. The Labute approximate surface area is 135 Å². The molecule has 1 aromatic carbocycles. The summed E-state index contributed by atoms with van der Waals surface area (Å²) >= 11 is 0. The molecule has 1 amide bonds. The molecule has 1 aliphatic heterocycles. The van der Waals surface area contributed by atoms with E-state index in [1.165, 1.54) is 19.2 Å². The van der Waals surface area contributed by atoms with Crippen molar-refractivity contribution in [2.45, 2.75) is 38.0 Å². The molecule has 0 N–H and O–H groups in total. The molecule has 0 radical (unpaired) electrons. The summed E-state index contributed by atoms with van der Waals surface area (Å²) in [5.74, 6) is -0.553. The zero-order valence-electron chi connectivity index (χ0n) is 13.5. The van der Waals surface area contributed by atoms with Gasteiger partial charge < -0.3 is 19.1 Å². The fraction of sp³-hybridized carbons (Fsp3) is 0.588. The number of halogens is 1. The largest absolute Gasteiger partial charge is 0.494 e. The van der Waals surface area contributed by atoms with E-state index in [-0.39, 0.29) is 29.9 Å². The normalized spacial score (nSPS) is 26.9. The molecule has 1 aromatic rings. The van der Waals surface area contributed by atoms with Gasteiger partial charge >= 0.3 is 0 Å². The average molecular weight is 323 g/mol. The fourth-order valence-corrected chi connectivity index (χ4v) is 3.53. The molecular weight excluding hydrogens is 301 g/mol. The van der Waals surface area contributed by atoms with Gasteiger partial charge in [0.2, 0.25) is 0 Å². The Morgan fingerprint density at radius 2 is 2.26 bits per heavy atom. The third-order valence-electron chi connectivity index (χ3n) is 4.58. The highest BCUT2D eigenvalue weighted by molar-refractivity contribution is 5.94. The lowest BCUT2D eigenvalue weighted by Crippen LogP contribution is -2.53. The molecule has 1 aliphatic carbocycles. The minimum atomic E-state index is -0.526. The molecule has 2 aliphatic rings. The third kappa shape index (κ3) is 3.05. The number of amides is 1. The molecule has 0 spiro atoms. The predicted octanol–water partition coefficient (Wildman–Crippen LogP) is 2.24. The smallest absolute Gasteiger partial charge is 0.254 e. The summed E-state index contributed by atoms with van der Waals surface area (Å²) in [7, 11) is 1.40. The number of carbonyl (C=O) groups excluding carboxylic acids is 1. The van der Waals surface area contributed by atoms with Crippen LogP contribution in [0, 0.1) is 5.82 Å². The minimum absolute atomic E-state index is 0.00189. The number of nitrogens with zero attached hydrogens (tertiary/aromatic N) is 1. The van der Waals surface area contributed by atoms with E-state index in [1.807, 2.05) is 6.92 Å². The molecule has 0 aromatic heterocycles. The van der Waals surface area contributed by atoms with E-state index in [0.717, 1.165) is 12.8 Å². The molecule has 1 saturated heterocycles. The highest BCUT2D eigenvalue weighted by atomic mass is 19.1. The van der Waals surface area contributed by atoms with Crippen molar-refractivity contribution in [3.8, 4) is 5.75 Å². The number of ether oxygens (including phenoxy) is 3. The summed E-state index contributed by atoms with van der Waals surface area (Å²) in [5, 5.41) is 0. The van der Waals surface area contributed by atoms with Crippen LogP contribution < -0.4 is 4.74 Å². The average Bonchev–Trinajstić information content (AvgIpc) is 2.98. The van der Waals surface area contributed by atoms with E-state index in [1.54, 1.807) is 11.0 Å². The molecule has 1 heterocycles. The first kappa shape index (κ1) is 16.2. The minimum Gasteiger partial charge on any atom is -0.494 e. The van der Waals surface area contributed by atoms with Gasteiger partial charge in [0.15, 0.2) is 11.6 Å². The van der Waals surface area contributed by atoms with E-state index in [9.17, 15) is 9.18 Å². The molecule has 1 saturated carbocycles. The van der Waals surface area contributed by atoms with Crippen LogP contribution in [0.5, 0.6) is 5.75 Å². The SMILES string of the molecule is CCO[C@@H]1CC[C@@H]2[C@H]1OCCN2C(=O)c1ccc(OC)c(F)c1. The van der Waals surface area contributed by atoms with Crippen molar-refractivity contribution in [1.29, 1.82) is 0 Å². The highest BCUT2D eigenvalue weighted by Crippen LogP contribution is 2.33. The van der Waals surface area contributed by atoms with E-state index in [4.69, 9.17) is 14.2 Å². The van der Waals surface area contributed by atoms with Crippen molar-refractivity contribution in [1.82, 2.24) is 4.90 Å². The third-order valence-corrected chi connectivity index (χ3v) is 4.58. The van der Waals surface area contributed by atoms with Gasteiger partial charge in [0.25, 0.3) is 5.91 Å². The molecular formula is C17H22FNO4. The molecule has 23 heavy (non-hydrogen) atoms. The lowest BCUT2D eigenvalue weighted by molar-refractivity contribution is -0.102. The van der Waals surface area contributed by atoms with Crippen molar-refractivity contribution in [2.24, 2.45) is 0 Å². The Bertz CT molecular complexity index is 580. The summed E-state index contributed by atoms with van der Waals surface area (Å²) in [6.45, 7) is 3.59. The van der Waals surface area contributed by atoms with Crippen LogP contribution in [0.3, 0.4) is 0 Å². The van der Waals surface area contributed by atoms with Gasteiger partial charge in [-0.15, -0.1) is 0 Å². The maximum Gasteiger partial charge on any atom is 0.254 e. The molecule has 6 heteroatoms. The van der Waals surface area contributed by atoms with Crippen LogP contribution >= 0.6 is 0 Å². The monoisotopic (exact) mass is 323 g/mol. The van der Waals surface area contributed by atoms with E-state index in [0.29, 0.717) is 25.3 Å². The molecule has 5 nitrogen and oxygen atoms in total. The lowest BCUT2D eigenvalue weighted by atomic mass is 10.1. The van der Waals surface area contributed by atoms with E-state index in [2.05, 4.69) is 0 Å². The zero-order chi connectivity index (χ0) is 16.4. The highest BCUT2D eigenvalue weighted by Gasteiger charge is 2.45. The number of morpholine rings is 1. The van der Waals surface area contributed by atoms with Crippen LogP contribution in [-0.2, 0) is 9.47 Å². The zero-order valence-corrected chi connectivity index (χ0v) is 13.5. The Balaban J connectivity index is 1.78. The number of methoxy groups -OCH3 is 1. The van der Waals surface area contributed by atoms with Crippen LogP contribution in [0.15, 0.2) is 18.2 Å². The van der Waals surface area contributed by atoms with Crippen LogP contribution in [0.25, 0.3) is 0 Å². The summed E-state index contributed by atoms with van der Waals surface area (Å²) in [5.41, 5.74) is 0.337. The number of benzene rings is 1. The summed E-state index contributed by atoms with van der Waals surface area (Å²) < 4.78 is 30.3. The first-order valence-electron chi connectivity index (χ1n) is 8.03. The Morgan fingerprint density at radius 1 is 1.43 bits per heavy atom. The van der Waals surface area contributed by atoms with Gasteiger partial charge in [-0.1, -0.05) is 0 Å². The van der Waals surface area contributed by atoms with Gasteiger partial charge in [-0.2, -0.15) is 0 Å². The number of hydrogen-bond donors (Lipinski definition) is 0. The van der Waals surface area contributed by atoms with Gasteiger partial charge in [0, 0.05) is 18.7 Å². The van der Waals surface area contributed by atoms with Crippen LogP contribution in [0.2, 0.25) is 0 Å². The Morgan fingerprint density at radius 3 is 2.96 bits per heavy atom. The molecule has 3 rings (SSSR count). The molecule has 2 fully saturated rings. The number of hydrogen-bond acceptors (Lipinski definition) is 4. The second kappa shape index (κ2) is 6.84. The molecule has 126 valence electrons. The van der Waals surface area contributed by atoms with Crippen molar-refractivity contribution >= 4 is 5.91 Å². The molecule has 3 atom stereocenters. The van der Waals surface area contributed by atoms with E-state index >= 15 is 0 Å². The number of carbonyl (C=O) groups is 1. The maximum absolute atomic E-state index is 13.9. The van der Waals surface area contributed by atoms with Crippen molar-refractivity contribution in [3.63, 3.8) is 0 Å². The standard InChI is InChI=1S/C17H22FNO4/c1-3-22-15-7-5-13-16(15)23-9-8-19(13)17(20)11-4-6-14(21-2)12(18)10-11/h4,6,10,13,15-16H,3,5,7-9H2,1-2H3/t13-,15-,16-/m1/s1. The van der Waals surface area contributed by atoms with Crippen LogP contribution in [-0.4, -0.2) is 55.9 Å². The van der Waals surface area contributed by atoms with Crippen molar-refractivity contribution in [2.75, 3.05) is 26.9 Å². The van der Waals surface area contributed by atoms with Gasteiger partial charge in [-0.3, -0.25) is 4.79 Å². The topological polar surface area (TPSA) is 48.0 Å². The van der Waals surface area contributed by atoms with E-state index < -0.39 is 5.82 Å². The molecule has 0 bridgehead atoms. The maximum atomic E-state index is 13.9. The van der Waals surface area contributed by atoms with Crippen LogP contribution in [0.4, 0.5) is 4.39 Å². The van der Waals surface area contributed by atoms with Gasteiger partial charge in [0.05, 0.1) is 25.9 Å².